The Kier molecular flexibility index (Phi) is 4.11. The molecule has 2 heterocycles. The highest BCUT2D eigenvalue weighted by Crippen LogP contribution is 2.23. The normalized spacial score (nSPS) is 11.0. The number of aromatic nitrogens is 3. The van der Waals surface area contributed by atoms with Gasteiger partial charge in [-0.25, -0.2) is 14.8 Å². The number of hydrogen-bond donors (Lipinski definition) is 2. The first-order valence-electron chi connectivity index (χ1n) is 6.65. The summed E-state index contributed by atoms with van der Waals surface area (Å²) in [5.41, 5.74) is 0.700. The quantitative estimate of drug-likeness (QED) is 0.769. The van der Waals surface area contributed by atoms with Gasteiger partial charge in [0.2, 0.25) is 0 Å². The van der Waals surface area contributed by atoms with Crippen molar-refractivity contribution in [2.45, 2.75) is 0 Å². The average molecular weight is 325 g/mol. The maximum absolute atomic E-state index is 11.6. The summed E-state index contributed by atoms with van der Waals surface area (Å²) in [7, 11) is 0. The number of aromatic amines is 1. The molecule has 114 valence electrons. The van der Waals surface area contributed by atoms with Gasteiger partial charge in [-0.3, -0.25) is 4.79 Å². The first-order valence-corrected chi connectivity index (χ1v) is 7.53. The zero-order valence-corrected chi connectivity index (χ0v) is 12.6. The molecular weight excluding hydrogens is 314 g/mol. The van der Waals surface area contributed by atoms with Crippen molar-refractivity contribution in [1.82, 2.24) is 15.0 Å². The molecule has 0 aliphatic heterocycles. The summed E-state index contributed by atoms with van der Waals surface area (Å²) in [5.74, 6) is -1.03. The number of thiazole rings is 1. The zero-order valence-electron chi connectivity index (χ0n) is 11.8. The second-order valence-electron chi connectivity index (χ2n) is 4.59. The van der Waals surface area contributed by atoms with Gasteiger partial charge in [0.15, 0.2) is 0 Å². The van der Waals surface area contributed by atoms with Gasteiger partial charge in [0.05, 0.1) is 5.69 Å². The van der Waals surface area contributed by atoms with Crippen LogP contribution in [0, 0.1) is 0 Å². The van der Waals surface area contributed by atoms with E-state index < -0.39 is 11.5 Å². The smallest absolute Gasteiger partial charge is 0.342 e. The Bertz CT molecular complexity index is 929. The Hall–Kier alpha value is -3.06. The van der Waals surface area contributed by atoms with Crippen LogP contribution in [0.15, 0.2) is 46.7 Å². The molecule has 0 aliphatic rings. The summed E-state index contributed by atoms with van der Waals surface area (Å²) in [6.45, 7) is 0. The van der Waals surface area contributed by atoms with Gasteiger partial charge in [0.1, 0.15) is 16.4 Å². The predicted octanol–water partition coefficient (Wildman–Crippen LogP) is 2.76. The molecule has 0 radical (unpaired) electrons. The fourth-order valence-corrected chi connectivity index (χ4v) is 2.68. The Morgan fingerprint density at radius 1 is 1.22 bits per heavy atom. The fraction of sp³-hybridized carbons (Fsp3) is 0. The molecule has 2 aromatic heterocycles. The molecular formula is C16H11N3O3S. The minimum absolute atomic E-state index is 0.272. The molecule has 23 heavy (non-hydrogen) atoms. The van der Waals surface area contributed by atoms with E-state index in [-0.39, 0.29) is 11.4 Å². The van der Waals surface area contributed by atoms with E-state index in [1.54, 1.807) is 12.2 Å². The molecule has 0 atom stereocenters. The van der Waals surface area contributed by atoms with Gasteiger partial charge >= 0.3 is 5.97 Å². The van der Waals surface area contributed by atoms with Crippen LogP contribution in [0.1, 0.15) is 21.9 Å². The summed E-state index contributed by atoms with van der Waals surface area (Å²) in [6.07, 6.45) is 4.33. The molecule has 3 aromatic rings. The number of nitrogens with one attached hydrogen (secondary N) is 1. The van der Waals surface area contributed by atoms with E-state index in [1.807, 2.05) is 35.7 Å². The van der Waals surface area contributed by atoms with Crippen LogP contribution in [0.25, 0.3) is 22.7 Å². The van der Waals surface area contributed by atoms with Gasteiger partial charge in [0.25, 0.3) is 5.56 Å². The van der Waals surface area contributed by atoms with Crippen LogP contribution >= 0.6 is 11.3 Å². The molecule has 0 spiro atoms. The van der Waals surface area contributed by atoms with E-state index in [9.17, 15) is 9.59 Å². The van der Waals surface area contributed by atoms with Gasteiger partial charge in [-0.15, -0.1) is 11.3 Å². The third-order valence-electron chi connectivity index (χ3n) is 3.00. The molecule has 7 heteroatoms. The number of rotatable bonds is 4. The van der Waals surface area contributed by atoms with E-state index in [4.69, 9.17) is 5.11 Å². The molecule has 0 saturated heterocycles. The lowest BCUT2D eigenvalue weighted by Crippen LogP contribution is -2.18. The van der Waals surface area contributed by atoms with Gasteiger partial charge in [-0.05, 0) is 12.2 Å². The molecule has 3 rings (SSSR count). The van der Waals surface area contributed by atoms with Crippen molar-refractivity contribution in [1.29, 1.82) is 0 Å². The van der Waals surface area contributed by atoms with E-state index in [2.05, 4.69) is 15.0 Å². The van der Waals surface area contributed by atoms with Crippen LogP contribution < -0.4 is 5.56 Å². The van der Waals surface area contributed by atoms with E-state index in [0.717, 1.165) is 22.5 Å². The lowest BCUT2D eigenvalue weighted by molar-refractivity contribution is 0.0694. The highest BCUT2D eigenvalue weighted by atomic mass is 32.1. The van der Waals surface area contributed by atoms with Crippen LogP contribution in [-0.2, 0) is 0 Å². The van der Waals surface area contributed by atoms with Crippen molar-refractivity contribution in [3.63, 3.8) is 0 Å². The highest BCUT2D eigenvalue weighted by molar-refractivity contribution is 7.13. The Balaban J connectivity index is 1.81. The first-order chi connectivity index (χ1) is 11.1. The van der Waals surface area contributed by atoms with Gasteiger partial charge in [0, 0.05) is 17.1 Å². The number of aromatic carboxylic acids is 1. The number of carbonyl (C=O) groups is 1. The number of H-pyrrole nitrogens is 1. The summed E-state index contributed by atoms with van der Waals surface area (Å²) in [4.78, 5) is 33.1. The minimum atomic E-state index is -1.30. The molecule has 0 amide bonds. The summed E-state index contributed by atoms with van der Waals surface area (Å²) < 4.78 is 0. The van der Waals surface area contributed by atoms with Crippen molar-refractivity contribution in [3.05, 3.63) is 69.3 Å². The van der Waals surface area contributed by atoms with Crippen molar-refractivity contribution in [2.75, 3.05) is 0 Å². The summed E-state index contributed by atoms with van der Waals surface area (Å²) in [5, 5.41) is 11.6. The molecule has 0 bridgehead atoms. The average Bonchev–Trinajstić information content (AvgIpc) is 3.02. The Labute approximate surface area is 134 Å². The first kappa shape index (κ1) is 14.9. The monoisotopic (exact) mass is 325 g/mol. The Morgan fingerprint density at radius 3 is 2.70 bits per heavy atom. The van der Waals surface area contributed by atoms with E-state index in [0.29, 0.717) is 0 Å². The molecule has 0 saturated carbocycles. The van der Waals surface area contributed by atoms with Crippen LogP contribution in [0.4, 0.5) is 0 Å². The van der Waals surface area contributed by atoms with Crippen molar-refractivity contribution in [3.8, 4) is 10.6 Å². The maximum atomic E-state index is 11.6. The zero-order chi connectivity index (χ0) is 16.2. The highest BCUT2D eigenvalue weighted by Gasteiger charge is 2.08. The van der Waals surface area contributed by atoms with Crippen molar-refractivity contribution < 1.29 is 9.90 Å². The number of carboxylic acid groups (broad SMARTS) is 1. The Morgan fingerprint density at radius 2 is 2.00 bits per heavy atom. The number of nitrogens with zero attached hydrogens (tertiary/aromatic N) is 2. The summed E-state index contributed by atoms with van der Waals surface area (Å²) in [6, 6.07) is 9.81. The lowest BCUT2D eigenvalue weighted by atomic mass is 10.2. The van der Waals surface area contributed by atoms with Crippen molar-refractivity contribution >= 4 is 29.5 Å². The molecule has 0 aliphatic carbocycles. The minimum Gasteiger partial charge on any atom is -0.477 e. The van der Waals surface area contributed by atoms with Crippen molar-refractivity contribution in [2.24, 2.45) is 0 Å². The van der Waals surface area contributed by atoms with Crippen LogP contribution in [-0.4, -0.2) is 26.0 Å². The van der Waals surface area contributed by atoms with Gasteiger partial charge in [-0.2, -0.15) is 0 Å². The molecule has 2 N–H and O–H groups in total. The summed E-state index contributed by atoms with van der Waals surface area (Å²) >= 11 is 1.51. The van der Waals surface area contributed by atoms with Crippen LogP contribution in [0.2, 0.25) is 0 Å². The second kappa shape index (κ2) is 6.37. The molecule has 1 aromatic carbocycles. The number of carboxylic acids is 1. The van der Waals surface area contributed by atoms with E-state index in [1.165, 1.54) is 11.3 Å². The SMILES string of the molecule is O=C(O)c1cnc(/C=C/c2csc(-c3ccccc3)n2)[nH]c1=O. The molecule has 0 unspecified atom stereocenters. The molecule has 6 nitrogen and oxygen atoms in total. The predicted molar refractivity (Wildman–Crippen MR) is 88.3 cm³/mol. The number of benzene rings is 1. The topological polar surface area (TPSA) is 95.9 Å². The second-order valence-corrected chi connectivity index (χ2v) is 5.45. The van der Waals surface area contributed by atoms with Gasteiger partial charge in [-0.1, -0.05) is 30.3 Å². The third kappa shape index (κ3) is 3.41. The van der Waals surface area contributed by atoms with E-state index >= 15 is 0 Å². The fourth-order valence-electron chi connectivity index (χ4n) is 1.89. The standard InChI is InChI=1S/C16H11N3O3S/c20-14-12(16(21)22)8-17-13(19-14)7-6-11-9-23-15(18-11)10-4-2-1-3-5-10/h1-9H,(H,21,22)(H,17,19,20)/b7-6+. The number of hydrogen-bond acceptors (Lipinski definition) is 5. The lowest BCUT2D eigenvalue weighted by Gasteiger charge is -1.95. The largest absolute Gasteiger partial charge is 0.477 e. The van der Waals surface area contributed by atoms with Crippen LogP contribution in [0.5, 0.6) is 0 Å². The maximum Gasteiger partial charge on any atom is 0.342 e. The third-order valence-corrected chi connectivity index (χ3v) is 3.91. The molecule has 0 fully saturated rings. The van der Waals surface area contributed by atoms with Gasteiger partial charge < -0.3 is 10.1 Å². The van der Waals surface area contributed by atoms with Crippen LogP contribution in [0.3, 0.4) is 0 Å².